The van der Waals surface area contributed by atoms with Gasteiger partial charge in [-0.1, -0.05) is 0 Å². The lowest BCUT2D eigenvalue weighted by molar-refractivity contribution is 0.0594. The zero-order chi connectivity index (χ0) is 14.7. The summed E-state index contributed by atoms with van der Waals surface area (Å²) in [7, 11) is 1.12. The van der Waals surface area contributed by atoms with E-state index in [1.807, 2.05) is 6.92 Å². The summed E-state index contributed by atoms with van der Waals surface area (Å²) in [5, 5.41) is 2.86. The van der Waals surface area contributed by atoms with Crippen molar-refractivity contribution in [2.24, 2.45) is 5.92 Å². The van der Waals surface area contributed by atoms with Crippen molar-refractivity contribution in [3.05, 3.63) is 29.3 Å². The van der Waals surface area contributed by atoms with E-state index in [-0.39, 0.29) is 17.7 Å². The number of halogens is 2. The van der Waals surface area contributed by atoms with Gasteiger partial charge in [-0.05, 0) is 25.5 Å². The summed E-state index contributed by atoms with van der Waals surface area (Å²) >= 11 is 0. The standard InChI is InChI=1S/C14H17F2NO3/c1-8-9(5-6-20-8)7-17-11-4-3-10(14(18)19-2)12(15)13(11)16/h3-4,8-9,17H,5-7H2,1-2H3. The van der Waals surface area contributed by atoms with Gasteiger partial charge in [0.15, 0.2) is 11.6 Å². The van der Waals surface area contributed by atoms with E-state index in [4.69, 9.17) is 4.74 Å². The number of benzene rings is 1. The van der Waals surface area contributed by atoms with Crippen LogP contribution in [0.1, 0.15) is 23.7 Å². The minimum absolute atomic E-state index is 0.0363. The number of nitrogens with one attached hydrogen (secondary N) is 1. The van der Waals surface area contributed by atoms with Gasteiger partial charge in [0.05, 0.1) is 24.5 Å². The molecular weight excluding hydrogens is 268 g/mol. The molecule has 0 saturated carbocycles. The number of methoxy groups -OCH3 is 1. The molecule has 1 fully saturated rings. The van der Waals surface area contributed by atoms with Crippen LogP contribution in [-0.2, 0) is 9.47 Å². The Morgan fingerprint density at radius 2 is 2.20 bits per heavy atom. The molecule has 1 aromatic rings. The Balaban J connectivity index is 2.09. The molecule has 1 aromatic carbocycles. The summed E-state index contributed by atoms with van der Waals surface area (Å²) in [6, 6.07) is 2.55. The topological polar surface area (TPSA) is 47.6 Å². The summed E-state index contributed by atoms with van der Waals surface area (Å²) in [5.41, 5.74) is -0.373. The van der Waals surface area contributed by atoms with Crippen LogP contribution in [0.25, 0.3) is 0 Å². The number of hydrogen-bond acceptors (Lipinski definition) is 4. The van der Waals surface area contributed by atoms with Gasteiger partial charge in [-0.15, -0.1) is 0 Å². The van der Waals surface area contributed by atoms with Crippen molar-refractivity contribution in [1.29, 1.82) is 0 Å². The molecule has 0 aromatic heterocycles. The van der Waals surface area contributed by atoms with Crippen LogP contribution in [0.15, 0.2) is 12.1 Å². The minimum atomic E-state index is -1.20. The van der Waals surface area contributed by atoms with Crippen LogP contribution in [0.5, 0.6) is 0 Å². The normalized spacial score (nSPS) is 21.8. The SMILES string of the molecule is COC(=O)c1ccc(NCC2CCOC2C)c(F)c1F. The summed E-state index contributed by atoms with van der Waals surface area (Å²) in [6.07, 6.45) is 0.989. The fourth-order valence-corrected chi connectivity index (χ4v) is 2.24. The Hall–Kier alpha value is -1.69. The van der Waals surface area contributed by atoms with E-state index < -0.39 is 23.2 Å². The van der Waals surface area contributed by atoms with Gasteiger partial charge in [-0.3, -0.25) is 0 Å². The average Bonchev–Trinajstić information content (AvgIpc) is 2.85. The molecule has 110 valence electrons. The lowest BCUT2D eigenvalue weighted by Gasteiger charge is -2.16. The smallest absolute Gasteiger partial charge is 0.340 e. The van der Waals surface area contributed by atoms with Crippen molar-refractivity contribution in [3.8, 4) is 0 Å². The zero-order valence-corrected chi connectivity index (χ0v) is 11.4. The molecule has 2 atom stereocenters. The average molecular weight is 285 g/mol. The molecule has 1 aliphatic rings. The van der Waals surface area contributed by atoms with E-state index in [9.17, 15) is 13.6 Å². The minimum Gasteiger partial charge on any atom is -0.465 e. The lowest BCUT2D eigenvalue weighted by Crippen LogP contribution is -2.21. The van der Waals surface area contributed by atoms with Crippen molar-refractivity contribution in [2.45, 2.75) is 19.4 Å². The van der Waals surface area contributed by atoms with Crippen LogP contribution in [0.2, 0.25) is 0 Å². The second-order valence-electron chi connectivity index (χ2n) is 4.79. The summed E-state index contributed by atoms with van der Waals surface area (Å²) in [5.74, 6) is -2.90. The number of carbonyl (C=O) groups excluding carboxylic acids is 1. The fourth-order valence-electron chi connectivity index (χ4n) is 2.24. The molecule has 1 saturated heterocycles. The van der Waals surface area contributed by atoms with Crippen molar-refractivity contribution in [1.82, 2.24) is 0 Å². The van der Waals surface area contributed by atoms with Gasteiger partial charge >= 0.3 is 5.97 Å². The molecule has 1 N–H and O–H groups in total. The maximum absolute atomic E-state index is 13.9. The first-order valence-electron chi connectivity index (χ1n) is 6.46. The van der Waals surface area contributed by atoms with Crippen LogP contribution < -0.4 is 5.32 Å². The van der Waals surface area contributed by atoms with Crippen LogP contribution in [0.4, 0.5) is 14.5 Å². The van der Waals surface area contributed by atoms with E-state index in [0.29, 0.717) is 13.2 Å². The molecule has 0 aliphatic carbocycles. The van der Waals surface area contributed by atoms with Gasteiger partial charge in [0.2, 0.25) is 0 Å². The third-order valence-electron chi connectivity index (χ3n) is 3.58. The van der Waals surface area contributed by atoms with Crippen LogP contribution in [0.3, 0.4) is 0 Å². The van der Waals surface area contributed by atoms with Gasteiger partial charge in [0, 0.05) is 19.1 Å². The van der Waals surface area contributed by atoms with Crippen molar-refractivity contribution >= 4 is 11.7 Å². The number of carbonyl (C=O) groups is 1. The fraction of sp³-hybridized carbons (Fsp3) is 0.500. The monoisotopic (exact) mass is 285 g/mol. The highest BCUT2D eigenvalue weighted by atomic mass is 19.2. The molecule has 0 amide bonds. The Morgan fingerprint density at radius 3 is 2.80 bits per heavy atom. The predicted octanol–water partition coefficient (Wildman–Crippen LogP) is 2.59. The molecule has 4 nitrogen and oxygen atoms in total. The van der Waals surface area contributed by atoms with E-state index in [0.717, 1.165) is 13.5 Å². The first-order valence-corrected chi connectivity index (χ1v) is 6.46. The summed E-state index contributed by atoms with van der Waals surface area (Å²) in [4.78, 5) is 11.2. The van der Waals surface area contributed by atoms with Crippen LogP contribution in [0, 0.1) is 17.6 Å². The number of rotatable bonds is 4. The van der Waals surface area contributed by atoms with Crippen molar-refractivity contribution in [3.63, 3.8) is 0 Å². The van der Waals surface area contributed by atoms with Gasteiger partial charge in [-0.25, -0.2) is 13.6 Å². The molecule has 1 heterocycles. The van der Waals surface area contributed by atoms with Gasteiger partial charge in [-0.2, -0.15) is 0 Å². The highest BCUT2D eigenvalue weighted by Gasteiger charge is 2.25. The van der Waals surface area contributed by atoms with Gasteiger partial charge < -0.3 is 14.8 Å². The molecule has 0 spiro atoms. The third-order valence-corrected chi connectivity index (χ3v) is 3.58. The number of ether oxygens (including phenoxy) is 2. The molecule has 0 bridgehead atoms. The lowest BCUT2D eigenvalue weighted by atomic mass is 10.0. The highest BCUT2D eigenvalue weighted by Crippen LogP contribution is 2.24. The summed E-state index contributed by atoms with van der Waals surface area (Å²) < 4.78 is 37.4. The third kappa shape index (κ3) is 2.90. The predicted molar refractivity (Wildman–Crippen MR) is 69.7 cm³/mol. The first kappa shape index (κ1) is 14.7. The number of hydrogen-bond donors (Lipinski definition) is 1. The molecule has 2 rings (SSSR count). The quantitative estimate of drug-likeness (QED) is 0.864. The van der Waals surface area contributed by atoms with E-state index in [1.165, 1.54) is 12.1 Å². The highest BCUT2D eigenvalue weighted by molar-refractivity contribution is 5.90. The molecule has 20 heavy (non-hydrogen) atoms. The molecule has 1 aliphatic heterocycles. The van der Waals surface area contributed by atoms with E-state index >= 15 is 0 Å². The van der Waals surface area contributed by atoms with Crippen LogP contribution in [-0.4, -0.2) is 32.3 Å². The second kappa shape index (κ2) is 6.17. The second-order valence-corrected chi connectivity index (χ2v) is 4.79. The zero-order valence-electron chi connectivity index (χ0n) is 11.4. The number of anilines is 1. The number of esters is 1. The molecule has 6 heteroatoms. The largest absolute Gasteiger partial charge is 0.465 e. The Morgan fingerprint density at radius 1 is 1.45 bits per heavy atom. The molecule has 2 unspecified atom stereocenters. The van der Waals surface area contributed by atoms with Crippen molar-refractivity contribution < 1.29 is 23.0 Å². The van der Waals surface area contributed by atoms with Crippen molar-refractivity contribution in [2.75, 3.05) is 25.6 Å². The maximum atomic E-state index is 13.9. The summed E-state index contributed by atoms with van der Waals surface area (Å²) in [6.45, 7) is 3.14. The Bertz CT molecular complexity index is 507. The van der Waals surface area contributed by atoms with Crippen LogP contribution >= 0.6 is 0 Å². The van der Waals surface area contributed by atoms with Gasteiger partial charge in [0.25, 0.3) is 0 Å². The van der Waals surface area contributed by atoms with E-state index in [2.05, 4.69) is 10.1 Å². The molecular formula is C14H17F2NO3. The molecule has 0 radical (unpaired) electrons. The Kier molecular flexibility index (Phi) is 4.54. The first-order chi connectivity index (χ1) is 9.54. The van der Waals surface area contributed by atoms with Gasteiger partial charge in [0.1, 0.15) is 0 Å². The van der Waals surface area contributed by atoms with E-state index in [1.54, 1.807) is 0 Å². The Labute approximate surface area is 116 Å². The maximum Gasteiger partial charge on any atom is 0.340 e.